The van der Waals surface area contributed by atoms with E-state index in [4.69, 9.17) is 11.6 Å². The third-order valence-corrected chi connectivity index (χ3v) is 4.10. The van der Waals surface area contributed by atoms with Gasteiger partial charge in [-0.1, -0.05) is 17.7 Å². The molecule has 1 aromatic carbocycles. The maximum absolute atomic E-state index is 12.8. The second-order valence-corrected chi connectivity index (χ2v) is 5.78. The van der Waals surface area contributed by atoms with Crippen molar-refractivity contribution in [1.29, 1.82) is 0 Å². The summed E-state index contributed by atoms with van der Waals surface area (Å²) < 4.78 is 0. The number of aromatic nitrogens is 3. The van der Waals surface area contributed by atoms with E-state index in [-0.39, 0.29) is 5.56 Å². The lowest BCUT2D eigenvalue weighted by Gasteiger charge is -2.12. The number of aromatic amines is 1. The summed E-state index contributed by atoms with van der Waals surface area (Å²) in [4.78, 5) is 24.1. The van der Waals surface area contributed by atoms with E-state index in [0.29, 0.717) is 16.3 Å². The van der Waals surface area contributed by atoms with Crippen LogP contribution in [0.25, 0.3) is 33.3 Å². The van der Waals surface area contributed by atoms with Gasteiger partial charge in [0.25, 0.3) is 5.56 Å². The lowest BCUT2D eigenvalue weighted by Crippen LogP contribution is -2.12. The second kappa shape index (κ2) is 5.91. The average Bonchev–Trinajstić information content (AvgIpc) is 2.62. The summed E-state index contributed by atoms with van der Waals surface area (Å²) in [5, 5.41) is 1.48. The van der Waals surface area contributed by atoms with Gasteiger partial charge in [0.1, 0.15) is 0 Å². The molecule has 0 aliphatic heterocycles. The molecule has 5 heteroatoms. The number of H-pyrrole nitrogens is 1. The van der Waals surface area contributed by atoms with Crippen LogP contribution in [0.4, 0.5) is 0 Å². The van der Waals surface area contributed by atoms with Gasteiger partial charge in [-0.15, -0.1) is 0 Å². The summed E-state index contributed by atoms with van der Waals surface area (Å²) in [5.41, 5.74) is 3.39. The van der Waals surface area contributed by atoms with Crippen LogP contribution in [0.3, 0.4) is 0 Å². The predicted molar refractivity (Wildman–Crippen MR) is 96.0 cm³/mol. The second-order valence-electron chi connectivity index (χ2n) is 5.34. The molecule has 0 aliphatic rings. The van der Waals surface area contributed by atoms with Crippen molar-refractivity contribution in [1.82, 2.24) is 15.0 Å². The maximum Gasteiger partial charge on any atom is 0.258 e. The molecule has 0 spiro atoms. The van der Waals surface area contributed by atoms with Crippen LogP contribution in [-0.2, 0) is 0 Å². The highest BCUT2D eigenvalue weighted by molar-refractivity contribution is 6.31. The van der Waals surface area contributed by atoms with Crippen molar-refractivity contribution >= 4 is 22.5 Å². The molecule has 0 amide bonds. The largest absolute Gasteiger partial charge is 0.321 e. The Kier molecular flexibility index (Phi) is 3.59. The molecular formula is C19H12ClN3O. The summed E-state index contributed by atoms with van der Waals surface area (Å²) in [6, 6.07) is 14.7. The third kappa shape index (κ3) is 2.47. The van der Waals surface area contributed by atoms with E-state index < -0.39 is 0 Å². The molecule has 0 bridgehead atoms. The van der Waals surface area contributed by atoms with Gasteiger partial charge in [-0.05, 0) is 48.0 Å². The fraction of sp³-hybridized carbons (Fsp3) is 0. The molecule has 4 rings (SSSR count). The van der Waals surface area contributed by atoms with Crippen molar-refractivity contribution in [2.45, 2.75) is 0 Å². The Morgan fingerprint density at radius 1 is 0.917 bits per heavy atom. The van der Waals surface area contributed by atoms with Gasteiger partial charge in [0.15, 0.2) is 0 Å². The molecule has 0 saturated carbocycles. The van der Waals surface area contributed by atoms with Gasteiger partial charge in [-0.3, -0.25) is 14.8 Å². The highest BCUT2D eigenvalue weighted by Crippen LogP contribution is 2.34. The Balaban J connectivity index is 2.19. The van der Waals surface area contributed by atoms with Gasteiger partial charge in [0, 0.05) is 40.1 Å². The van der Waals surface area contributed by atoms with E-state index in [2.05, 4.69) is 15.0 Å². The molecule has 0 atom stereocenters. The van der Waals surface area contributed by atoms with E-state index in [0.717, 1.165) is 22.0 Å². The normalized spacial score (nSPS) is 10.9. The molecule has 1 N–H and O–H groups in total. The van der Waals surface area contributed by atoms with Crippen LogP contribution in [-0.4, -0.2) is 15.0 Å². The Bertz CT molecular complexity index is 1080. The number of hydrogen-bond donors (Lipinski definition) is 1. The number of rotatable bonds is 2. The molecular weight excluding hydrogens is 322 g/mol. The molecule has 4 nitrogen and oxygen atoms in total. The van der Waals surface area contributed by atoms with Crippen LogP contribution in [0.2, 0.25) is 5.02 Å². The smallest absolute Gasteiger partial charge is 0.258 e. The molecule has 24 heavy (non-hydrogen) atoms. The first-order valence-electron chi connectivity index (χ1n) is 7.41. The zero-order valence-corrected chi connectivity index (χ0v) is 13.3. The first kappa shape index (κ1) is 14.6. The summed E-state index contributed by atoms with van der Waals surface area (Å²) in [6.07, 6.45) is 5.08. The number of pyridine rings is 3. The van der Waals surface area contributed by atoms with Gasteiger partial charge in [-0.25, -0.2) is 0 Å². The lowest BCUT2D eigenvalue weighted by atomic mass is 9.95. The van der Waals surface area contributed by atoms with E-state index in [9.17, 15) is 4.79 Å². The molecule has 0 aliphatic carbocycles. The molecule has 0 fully saturated rings. The van der Waals surface area contributed by atoms with Crippen molar-refractivity contribution in [3.63, 3.8) is 0 Å². The molecule has 3 heterocycles. The van der Waals surface area contributed by atoms with Gasteiger partial charge in [0.2, 0.25) is 0 Å². The number of nitrogens with one attached hydrogen (secondary N) is 1. The van der Waals surface area contributed by atoms with Crippen LogP contribution >= 0.6 is 11.6 Å². The third-order valence-electron chi connectivity index (χ3n) is 3.87. The predicted octanol–water partition coefficient (Wildman–Crippen LogP) is 4.31. The SMILES string of the molecule is O=c1[nH]c2ccc(Cl)cc2c(-c2ccncc2)c1-c1ccccn1. The van der Waals surface area contributed by atoms with Crippen molar-refractivity contribution in [3.05, 3.63) is 82.5 Å². The summed E-state index contributed by atoms with van der Waals surface area (Å²) >= 11 is 6.20. The molecule has 0 unspecified atom stereocenters. The number of nitrogens with zero attached hydrogens (tertiary/aromatic N) is 2. The maximum atomic E-state index is 12.8. The molecule has 116 valence electrons. The topological polar surface area (TPSA) is 58.6 Å². The fourth-order valence-corrected chi connectivity index (χ4v) is 3.01. The van der Waals surface area contributed by atoms with E-state index in [1.165, 1.54) is 0 Å². The van der Waals surface area contributed by atoms with Crippen LogP contribution in [0.15, 0.2) is 71.9 Å². The summed E-state index contributed by atoms with van der Waals surface area (Å²) in [7, 11) is 0. The first-order valence-corrected chi connectivity index (χ1v) is 7.79. The molecule has 0 radical (unpaired) electrons. The van der Waals surface area contributed by atoms with Crippen LogP contribution < -0.4 is 5.56 Å². The quantitative estimate of drug-likeness (QED) is 0.594. The Hall–Kier alpha value is -2.98. The minimum atomic E-state index is -0.185. The fourth-order valence-electron chi connectivity index (χ4n) is 2.84. The number of halogens is 1. The number of benzene rings is 1. The van der Waals surface area contributed by atoms with Crippen molar-refractivity contribution in [2.75, 3.05) is 0 Å². The summed E-state index contributed by atoms with van der Waals surface area (Å²) in [5.74, 6) is 0. The van der Waals surface area contributed by atoms with Crippen LogP contribution in [0.5, 0.6) is 0 Å². The van der Waals surface area contributed by atoms with E-state index >= 15 is 0 Å². The van der Waals surface area contributed by atoms with Crippen molar-refractivity contribution in [2.24, 2.45) is 0 Å². The lowest BCUT2D eigenvalue weighted by molar-refractivity contribution is 1.26. The number of fused-ring (bicyclic) bond motifs is 1. The van der Waals surface area contributed by atoms with E-state index in [1.54, 1.807) is 24.7 Å². The minimum Gasteiger partial charge on any atom is -0.321 e. The molecule has 3 aromatic heterocycles. The van der Waals surface area contributed by atoms with Gasteiger partial charge in [-0.2, -0.15) is 0 Å². The van der Waals surface area contributed by atoms with E-state index in [1.807, 2.05) is 42.5 Å². The molecule has 4 aromatic rings. The zero-order valence-electron chi connectivity index (χ0n) is 12.5. The highest BCUT2D eigenvalue weighted by Gasteiger charge is 2.17. The van der Waals surface area contributed by atoms with Crippen LogP contribution in [0.1, 0.15) is 0 Å². The van der Waals surface area contributed by atoms with Crippen molar-refractivity contribution < 1.29 is 0 Å². The number of hydrogen-bond acceptors (Lipinski definition) is 3. The van der Waals surface area contributed by atoms with Gasteiger partial charge in [0.05, 0.1) is 11.3 Å². The van der Waals surface area contributed by atoms with Crippen LogP contribution in [0, 0.1) is 0 Å². The first-order chi connectivity index (χ1) is 11.7. The van der Waals surface area contributed by atoms with Gasteiger partial charge < -0.3 is 4.98 Å². The molecule has 0 saturated heterocycles. The summed E-state index contributed by atoms with van der Waals surface area (Å²) in [6.45, 7) is 0. The monoisotopic (exact) mass is 333 g/mol. The minimum absolute atomic E-state index is 0.185. The average molecular weight is 334 g/mol. The Morgan fingerprint density at radius 2 is 1.75 bits per heavy atom. The van der Waals surface area contributed by atoms with Gasteiger partial charge >= 0.3 is 0 Å². The highest BCUT2D eigenvalue weighted by atomic mass is 35.5. The zero-order chi connectivity index (χ0) is 16.5. The standard InChI is InChI=1S/C19H12ClN3O/c20-13-4-5-15-14(11-13)17(12-6-9-21-10-7-12)18(19(24)23-15)16-3-1-2-8-22-16/h1-11H,(H,23,24). The van der Waals surface area contributed by atoms with Crippen molar-refractivity contribution in [3.8, 4) is 22.4 Å². The Labute approximate surface area is 142 Å². The Morgan fingerprint density at radius 3 is 2.50 bits per heavy atom.